The molecule has 1 aromatic heterocycles. The summed E-state index contributed by atoms with van der Waals surface area (Å²) in [4.78, 5) is 33.9. The number of benzene rings is 1. The maximum Gasteiger partial charge on any atom is 0.303 e. The third kappa shape index (κ3) is 3.33. The second-order valence-electron chi connectivity index (χ2n) is 4.83. The molecule has 6 heteroatoms. The number of aldehydes is 1. The van der Waals surface area contributed by atoms with Crippen LogP contribution in [-0.2, 0) is 4.79 Å². The van der Waals surface area contributed by atoms with Gasteiger partial charge in [0.05, 0.1) is 12.1 Å². The van der Waals surface area contributed by atoms with Gasteiger partial charge in [0, 0.05) is 30.0 Å². The summed E-state index contributed by atoms with van der Waals surface area (Å²) in [5.41, 5.74) is 1.02. The van der Waals surface area contributed by atoms with Crippen LogP contribution in [0.4, 0.5) is 0 Å². The Kier molecular flexibility index (Phi) is 4.93. The Morgan fingerprint density at radius 1 is 1.32 bits per heavy atom. The molecular weight excluding hydrogens is 286 g/mol. The summed E-state index contributed by atoms with van der Waals surface area (Å²) in [5, 5.41) is 9.26. The average molecular weight is 303 g/mol. The highest BCUT2D eigenvalue weighted by molar-refractivity contribution is 6.03. The molecule has 2 rings (SSSR count). The molecule has 0 atom stereocenters. The van der Waals surface area contributed by atoms with Crippen molar-refractivity contribution in [1.29, 1.82) is 0 Å². The van der Waals surface area contributed by atoms with Gasteiger partial charge in [0.1, 0.15) is 5.75 Å². The molecule has 0 aliphatic carbocycles. The normalized spacial score (nSPS) is 10.6. The van der Waals surface area contributed by atoms with E-state index in [1.54, 1.807) is 18.2 Å². The quantitative estimate of drug-likeness (QED) is 0.795. The first kappa shape index (κ1) is 15.8. The number of carboxylic acids is 1. The van der Waals surface area contributed by atoms with E-state index in [4.69, 9.17) is 9.84 Å². The van der Waals surface area contributed by atoms with E-state index in [9.17, 15) is 14.4 Å². The molecule has 0 aliphatic rings. The molecule has 1 heterocycles. The van der Waals surface area contributed by atoms with Crippen molar-refractivity contribution in [3.05, 3.63) is 30.0 Å². The zero-order valence-electron chi connectivity index (χ0n) is 12.2. The van der Waals surface area contributed by atoms with Crippen LogP contribution in [0.25, 0.3) is 10.9 Å². The van der Waals surface area contributed by atoms with Gasteiger partial charge in [0.15, 0.2) is 6.29 Å². The van der Waals surface area contributed by atoms with Crippen LogP contribution in [0.3, 0.4) is 0 Å². The van der Waals surface area contributed by atoms with E-state index in [0.29, 0.717) is 35.1 Å². The Morgan fingerprint density at radius 2 is 2.09 bits per heavy atom. The molecule has 0 bridgehead atoms. The fourth-order valence-corrected chi connectivity index (χ4v) is 2.30. The van der Waals surface area contributed by atoms with Crippen LogP contribution < -0.4 is 4.74 Å². The number of carbonyl (C=O) groups excluding carboxylic acids is 2. The molecule has 2 aromatic rings. The average Bonchev–Trinajstić information content (AvgIpc) is 2.85. The van der Waals surface area contributed by atoms with Gasteiger partial charge in [0.25, 0.3) is 0 Å². The van der Waals surface area contributed by atoms with Crippen molar-refractivity contribution in [2.75, 3.05) is 6.61 Å². The van der Waals surface area contributed by atoms with Gasteiger partial charge in [-0.25, -0.2) is 0 Å². The number of fused-ring (bicyclic) bond motifs is 1. The highest BCUT2D eigenvalue weighted by Gasteiger charge is 2.14. The second-order valence-corrected chi connectivity index (χ2v) is 4.83. The number of aromatic nitrogens is 1. The van der Waals surface area contributed by atoms with Crippen LogP contribution in [0.2, 0.25) is 0 Å². The Labute approximate surface area is 127 Å². The Morgan fingerprint density at radius 3 is 2.73 bits per heavy atom. The predicted octanol–water partition coefficient (Wildman–Crippen LogP) is 2.75. The maximum absolute atomic E-state index is 12.2. The molecule has 0 radical (unpaired) electrons. The SMILES string of the molecule is CCOc1ccc2c(c1)c(C=O)cn2C(=O)CCCC(=O)O. The van der Waals surface area contributed by atoms with E-state index in [1.165, 1.54) is 10.8 Å². The third-order valence-electron chi connectivity index (χ3n) is 3.29. The lowest BCUT2D eigenvalue weighted by Crippen LogP contribution is -2.09. The van der Waals surface area contributed by atoms with Crippen LogP contribution in [0.5, 0.6) is 5.75 Å². The molecule has 116 valence electrons. The number of aliphatic carboxylic acids is 1. The van der Waals surface area contributed by atoms with Crippen LogP contribution in [0, 0.1) is 0 Å². The van der Waals surface area contributed by atoms with Crippen molar-refractivity contribution < 1.29 is 24.2 Å². The lowest BCUT2D eigenvalue weighted by Gasteiger charge is -2.05. The van der Waals surface area contributed by atoms with Crippen LogP contribution in [-0.4, -0.2) is 34.4 Å². The first-order valence-electron chi connectivity index (χ1n) is 7.05. The fraction of sp³-hybridized carbons (Fsp3) is 0.312. The predicted molar refractivity (Wildman–Crippen MR) is 80.6 cm³/mol. The smallest absolute Gasteiger partial charge is 0.303 e. The maximum atomic E-state index is 12.2. The van der Waals surface area contributed by atoms with Gasteiger partial charge in [0.2, 0.25) is 5.91 Å². The summed E-state index contributed by atoms with van der Waals surface area (Å²) in [7, 11) is 0. The van der Waals surface area contributed by atoms with Crippen LogP contribution >= 0.6 is 0 Å². The van der Waals surface area contributed by atoms with Crippen molar-refractivity contribution in [1.82, 2.24) is 4.57 Å². The van der Waals surface area contributed by atoms with Crippen molar-refractivity contribution in [2.45, 2.75) is 26.2 Å². The lowest BCUT2D eigenvalue weighted by atomic mass is 10.2. The molecule has 6 nitrogen and oxygen atoms in total. The first-order chi connectivity index (χ1) is 10.6. The van der Waals surface area contributed by atoms with Crippen molar-refractivity contribution >= 4 is 29.1 Å². The van der Waals surface area contributed by atoms with Crippen molar-refractivity contribution in [3.63, 3.8) is 0 Å². The van der Waals surface area contributed by atoms with Gasteiger partial charge in [-0.2, -0.15) is 0 Å². The Hall–Kier alpha value is -2.63. The number of rotatable bonds is 7. The first-order valence-corrected chi connectivity index (χ1v) is 7.05. The summed E-state index contributed by atoms with van der Waals surface area (Å²) in [6, 6.07) is 5.19. The monoisotopic (exact) mass is 303 g/mol. The minimum Gasteiger partial charge on any atom is -0.494 e. The molecule has 1 aromatic carbocycles. The molecule has 22 heavy (non-hydrogen) atoms. The number of carboxylic acid groups (broad SMARTS) is 1. The topological polar surface area (TPSA) is 85.6 Å². The zero-order valence-corrected chi connectivity index (χ0v) is 12.2. The fourth-order valence-electron chi connectivity index (χ4n) is 2.30. The largest absolute Gasteiger partial charge is 0.494 e. The summed E-state index contributed by atoms with van der Waals surface area (Å²) in [6.45, 7) is 2.37. The standard InChI is InChI=1S/C16H17NO5/c1-2-22-12-6-7-14-13(8-12)11(10-18)9-17(14)15(19)4-3-5-16(20)21/h6-10H,2-5H2,1H3,(H,20,21). The van der Waals surface area contributed by atoms with Crippen molar-refractivity contribution in [3.8, 4) is 5.75 Å². The highest BCUT2D eigenvalue weighted by Crippen LogP contribution is 2.25. The van der Waals surface area contributed by atoms with Crippen LogP contribution in [0.1, 0.15) is 41.3 Å². The molecule has 0 aliphatic heterocycles. The lowest BCUT2D eigenvalue weighted by molar-refractivity contribution is -0.137. The Balaban J connectivity index is 2.32. The number of nitrogens with zero attached hydrogens (tertiary/aromatic N) is 1. The highest BCUT2D eigenvalue weighted by atomic mass is 16.5. The summed E-state index contributed by atoms with van der Waals surface area (Å²) in [5.74, 6) is -0.530. The van der Waals surface area contributed by atoms with Gasteiger partial charge in [-0.3, -0.25) is 19.0 Å². The minimum atomic E-state index is -0.930. The molecule has 0 spiro atoms. The molecule has 0 saturated carbocycles. The van der Waals surface area contributed by atoms with E-state index in [2.05, 4.69) is 0 Å². The van der Waals surface area contributed by atoms with Gasteiger partial charge in [-0.15, -0.1) is 0 Å². The number of carbonyl (C=O) groups is 3. The molecule has 1 N–H and O–H groups in total. The number of ether oxygens (including phenoxy) is 1. The van der Waals surface area contributed by atoms with Gasteiger partial charge >= 0.3 is 5.97 Å². The molecular formula is C16H17NO5. The van der Waals surface area contributed by atoms with Gasteiger partial charge in [-0.1, -0.05) is 0 Å². The molecule has 0 unspecified atom stereocenters. The number of hydrogen-bond donors (Lipinski definition) is 1. The number of hydrogen-bond acceptors (Lipinski definition) is 4. The molecule has 0 amide bonds. The van der Waals surface area contributed by atoms with E-state index in [1.807, 2.05) is 6.92 Å². The van der Waals surface area contributed by atoms with Gasteiger partial charge in [-0.05, 0) is 31.5 Å². The van der Waals surface area contributed by atoms with Gasteiger partial charge < -0.3 is 9.84 Å². The van der Waals surface area contributed by atoms with Crippen LogP contribution in [0.15, 0.2) is 24.4 Å². The third-order valence-corrected chi connectivity index (χ3v) is 3.29. The molecule has 0 saturated heterocycles. The summed E-state index contributed by atoms with van der Waals surface area (Å²) >= 11 is 0. The molecule has 0 fully saturated rings. The van der Waals surface area contributed by atoms with E-state index in [-0.39, 0.29) is 25.2 Å². The Bertz CT molecular complexity index is 717. The van der Waals surface area contributed by atoms with E-state index in [0.717, 1.165) is 0 Å². The summed E-state index contributed by atoms with van der Waals surface area (Å²) in [6.07, 6.45) is 2.50. The zero-order chi connectivity index (χ0) is 16.1. The van der Waals surface area contributed by atoms with E-state index >= 15 is 0 Å². The van der Waals surface area contributed by atoms with E-state index < -0.39 is 5.97 Å². The second kappa shape index (κ2) is 6.89. The minimum absolute atomic E-state index is 0.0556. The summed E-state index contributed by atoms with van der Waals surface area (Å²) < 4.78 is 6.80. The van der Waals surface area contributed by atoms with Crippen molar-refractivity contribution in [2.24, 2.45) is 0 Å².